The standard InChI is InChI=1S/C22H24ClFN4O4/c1-10-17-19(28(15-6-13(15)24)9-16(20(17)29)32-22(30)31)18(23)21(26-10)27-7-11-4-3-5-14(25-2)12(11)8-27/h3,5,9,11-15,25H,4,6-8H2,1-2H3,(H,30,31)/t11-,12+,13+,14-,15-/m1/s1. The van der Waals surface area contributed by atoms with Gasteiger partial charge in [0.1, 0.15) is 17.0 Å². The van der Waals surface area contributed by atoms with E-state index in [0.717, 1.165) is 19.5 Å². The number of carbonyl (C=O) groups is 1. The Bertz CT molecular complexity index is 1200. The highest BCUT2D eigenvalue weighted by Crippen LogP contribution is 2.45. The van der Waals surface area contributed by atoms with E-state index in [0.29, 0.717) is 28.9 Å². The summed E-state index contributed by atoms with van der Waals surface area (Å²) < 4.78 is 20.3. The summed E-state index contributed by atoms with van der Waals surface area (Å²) in [5, 5.41) is 12.8. The van der Waals surface area contributed by atoms with Crippen LogP contribution in [0.15, 0.2) is 23.1 Å². The predicted molar refractivity (Wildman–Crippen MR) is 119 cm³/mol. The average Bonchev–Trinajstić information content (AvgIpc) is 3.31. The van der Waals surface area contributed by atoms with E-state index in [1.165, 1.54) is 6.20 Å². The topological polar surface area (TPSA) is 96.7 Å². The van der Waals surface area contributed by atoms with Gasteiger partial charge in [-0.3, -0.25) is 4.79 Å². The van der Waals surface area contributed by atoms with Crippen LogP contribution in [-0.4, -0.2) is 53.2 Å². The molecule has 2 aromatic heterocycles. The van der Waals surface area contributed by atoms with Crippen LogP contribution >= 0.6 is 11.6 Å². The van der Waals surface area contributed by atoms with Crippen molar-refractivity contribution in [2.24, 2.45) is 11.8 Å². The van der Waals surface area contributed by atoms with Gasteiger partial charge < -0.3 is 24.6 Å². The van der Waals surface area contributed by atoms with E-state index < -0.39 is 23.8 Å². The molecule has 2 aromatic rings. The quantitative estimate of drug-likeness (QED) is 0.531. The normalized spacial score (nSPS) is 28.8. The highest BCUT2D eigenvalue weighted by molar-refractivity contribution is 6.37. The molecule has 0 spiro atoms. The van der Waals surface area contributed by atoms with Crippen molar-refractivity contribution in [2.75, 3.05) is 25.0 Å². The summed E-state index contributed by atoms with van der Waals surface area (Å²) in [5.74, 6) is 1.05. The van der Waals surface area contributed by atoms with Crippen molar-refractivity contribution < 1.29 is 19.0 Å². The van der Waals surface area contributed by atoms with Crippen molar-refractivity contribution in [1.29, 1.82) is 0 Å². The number of fused-ring (bicyclic) bond motifs is 2. The maximum atomic E-state index is 14.1. The Morgan fingerprint density at radius 3 is 2.81 bits per heavy atom. The lowest BCUT2D eigenvalue weighted by Gasteiger charge is -2.28. The minimum atomic E-state index is -1.61. The van der Waals surface area contributed by atoms with Crippen LogP contribution in [0, 0.1) is 18.8 Å². The zero-order valence-corrected chi connectivity index (χ0v) is 18.5. The van der Waals surface area contributed by atoms with Gasteiger partial charge in [0.15, 0.2) is 5.75 Å². The molecule has 10 heteroatoms. The summed E-state index contributed by atoms with van der Waals surface area (Å²) in [6.07, 6.45) is 4.19. The number of allylic oxidation sites excluding steroid dienone is 1. The lowest BCUT2D eigenvalue weighted by atomic mass is 9.82. The number of rotatable bonds is 4. The van der Waals surface area contributed by atoms with Gasteiger partial charge in [-0.05, 0) is 26.3 Å². The molecule has 2 aliphatic carbocycles. The Balaban J connectivity index is 1.65. The second kappa shape index (κ2) is 7.74. The maximum absolute atomic E-state index is 14.1. The molecule has 0 aromatic carbocycles. The molecule has 0 unspecified atom stereocenters. The van der Waals surface area contributed by atoms with Crippen LogP contribution in [0.5, 0.6) is 5.75 Å². The molecule has 5 rings (SSSR count). The molecule has 3 aliphatic rings. The molecule has 2 fully saturated rings. The number of nitrogens with one attached hydrogen (secondary N) is 1. The summed E-state index contributed by atoms with van der Waals surface area (Å²) >= 11 is 6.84. The number of aryl methyl sites for hydroxylation is 1. The summed E-state index contributed by atoms with van der Waals surface area (Å²) in [4.78, 5) is 30.9. The fraction of sp³-hybridized carbons (Fsp3) is 0.500. The van der Waals surface area contributed by atoms with Crippen LogP contribution in [0.2, 0.25) is 5.02 Å². The number of carboxylic acid groups (broad SMARTS) is 1. The molecule has 1 saturated heterocycles. The van der Waals surface area contributed by atoms with Crippen molar-refractivity contribution >= 4 is 34.5 Å². The van der Waals surface area contributed by atoms with Gasteiger partial charge >= 0.3 is 6.16 Å². The Labute approximate surface area is 188 Å². The number of anilines is 1. The number of ether oxygens (including phenoxy) is 1. The van der Waals surface area contributed by atoms with E-state index in [1.54, 1.807) is 11.5 Å². The molecule has 0 radical (unpaired) electrons. The number of nitrogens with zero attached hydrogens (tertiary/aromatic N) is 3. The predicted octanol–water partition coefficient (Wildman–Crippen LogP) is 3.30. The highest BCUT2D eigenvalue weighted by atomic mass is 35.5. The lowest BCUT2D eigenvalue weighted by molar-refractivity contribution is 0.143. The number of halogens is 2. The highest BCUT2D eigenvalue weighted by Gasteiger charge is 2.42. The third-order valence-electron chi connectivity index (χ3n) is 6.85. The van der Waals surface area contributed by atoms with E-state index in [-0.39, 0.29) is 28.6 Å². The van der Waals surface area contributed by atoms with Crippen LogP contribution < -0.4 is 20.4 Å². The Morgan fingerprint density at radius 2 is 2.16 bits per heavy atom. The van der Waals surface area contributed by atoms with Crippen LogP contribution in [-0.2, 0) is 0 Å². The van der Waals surface area contributed by atoms with Gasteiger partial charge in [0.25, 0.3) is 0 Å². The second-order valence-corrected chi connectivity index (χ2v) is 9.16. The van der Waals surface area contributed by atoms with E-state index in [4.69, 9.17) is 16.7 Å². The largest absolute Gasteiger partial charge is 0.511 e. The first-order chi connectivity index (χ1) is 15.3. The van der Waals surface area contributed by atoms with Crippen LogP contribution in [0.3, 0.4) is 0 Å². The first-order valence-electron chi connectivity index (χ1n) is 10.7. The second-order valence-electron chi connectivity index (χ2n) is 8.78. The van der Waals surface area contributed by atoms with Gasteiger partial charge in [-0.15, -0.1) is 0 Å². The summed E-state index contributed by atoms with van der Waals surface area (Å²) in [6.45, 7) is 3.22. The minimum Gasteiger partial charge on any atom is -0.449 e. The molecule has 2 N–H and O–H groups in total. The fourth-order valence-corrected chi connectivity index (χ4v) is 5.55. The van der Waals surface area contributed by atoms with Gasteiger partial charge in [-0.1, -0.05) is 23.8 Å². The monoisotopic (exact) mass is 462 g/mol. The molecule has 32 heavy (non-hydrogen) atoms. The van der Waals surface area contributed by atoms with Crippen molar-refractivity contribution in [1.82, 2.24) is 14.9 Å². The smallest absolute Gasteiger partial charge is 0.449 e. The summed E-state index contributed by atoms with van der Waals surface area (Å²) in [7, 11) is 1.95. The Hall–Kier alpha value is -2.65. The van der Waals surface area contributed by atoms with Gasteiger partial charge in [0.2, 0.25) is 5.43 Å². The Morgan fingerprint density at radius 1 is 1.41 bits per heavy atom. The Kier molecular flexibility index (Phi) is 5.13. The van der Waals surface area contributed by atoms with Crippen molar-refractivity contribution in [3.63, 3.8) is 0 Å². The molecular weight excluding hydrogens is 439 g/mol. The van der Waals surface area contributed by atoms with Crippen molar-refractivity contribution in [2.45, 2.75) is 38.0 Å². The molecular formula is C22H24ClFN4O4. The summed E-state index contributed by atoms with van der Waals surface area (Å²) in [6, 6.07) is -0.257. The molecule has 3 heterocycles. The fourth-order valence-electron chi connectivity index (χ4n) is 5.19. The SMILES string of the molecule is CN[C@@H]1C=CC[C@@H]2CN(c3nc(C)c4c(=O)c(OC(=O)O)cn([C@@H]5C[C@@H]5F)c4c3Cl)C[C@@H]21. The number of hydrogen-bond donors (Lipinski definition) is 2. The number of hydrogen-bond acceptors (Lipinski definition) is 6. The number of aromatic nitrogens is 2. The first-order valence-corrected chi connectivity index (χ1v) is 11.1. The molecule has 1 aliphatic heterocycles. The number of alkyl halides is 1. The average molecular weight is 463 g/mol. The third kappa shape index (κ3) is 3.34. The molecule has 1 saturated carbocycles. The summed E-state index contributed by atoms with van der Waals surface area (Å²) in [5.41, 5.74) is 0.158. The van der Waals surface area contributed by atoms with Crippen LogP contribution in [0.1, 0.15) is 24.6 Å². The van der Waals surface area contributed by atoms with E-state index in [1.807, 2.05) is 7.05 Å². The third-order valence-corrected chi connectivity index (χ3v) is 7.19. The number of pyridine rings is 2. The molecule has 170 valence electrons. The molecule has 0 bridgehead atoms. The minimum absolute atomic E-state index is 0.156. The van der Waals surface area contributed by atoms with Gasteiger partial charge in [0.05, 0.1) is 28.8 Å². The van der Waals surface area contributed by atoms with Gasteiger partial charge in [0, 0.05) is 31.5 Å². The molecule has 8 nitrogen and oxygen atoms in total. The first kappa shape index (κ1) is 21.2. The molecule has 0 amide bonds. The zero-order chi connectivity index (χ0) is 22.7. The van der Waals surface area contributed by atoms with Crippen molar-refractivity contribution in [3.05, 3.63) is 39.3 Å². The number of likely N-dealkylation sites (N-methyl/N-ethyl adjacent to an activating group) is 1. The maximum Gasteiger partial charge on any atom is 0.511 e. The lowest BCUT2D eigenvalue weighted by Crippen LogP contribution is -2.38. The van der Waals surface area contributed by atoms with Gasteiger partial charge in [-0.25, -0.2) is 14.2 Å². The van der Waals surface area contributed by atoms with Crippen LogP contribution in [0.4, 0.5) is 15.0 Å². The van der Waals surface area contributed by atoms with E-state index >= 15 is 0 Å². The molecule has 5 atom stereocenters. The van der Waals surface area contributed by atoms with Crippen molar-refractivity contribution in [3.8, 4) is 5.75 Å². The zero-order valence-electron chi connectivity index (χ0n) is 17.7. The van der Waals surface area contributed by atoms with Gasteiger partial charge in [-0.2, -0.15) is 0 Å². The van der Waals surface area contributed by atoms with E-state index in [2.05, 4.69) is 32.1 Å². The van der Waals surface area contributed by atoms with Crippen LogP contribution in [0.25, 0.3) is 10.9 Å². The van der Waals surface area contributed by atoms with E-state index in [9.17, 15) is 14.0 Å².